The third kappa shape index (κ3) is 2.11. The molecule has 2 heterocycles. The SMILES string of the molecule is CC(C)N1CCC(c2cnc(Br)n2C)C1. The lowest BCUT2D eigenvalue weighted by Crippen LogP contribution is -2.28. The summed E-state index contributed by atoms with van der Waals surface area (Å²) in [6.07, 6.45) is 3.25. The number of nitrogens with zero attached hydrogens (tertiary/aromatic N) is 3. The van der Waals surface area contributed by atoms with Gasteiger partial charge in [0.2, 0.25) is 0 Å². The fourth-order valence-corrected chi connectivity index (χ4v) is 2.58. The summed E-state index contributed by atoms with van der Waals surface area (Å²) in [5.41, 5.74) is 1.35. The van der Waals surface area contributed by atoms with Gasteiger partial charge in [0.25, 0.3) is 0 Å². The molecule has 1 unspecified atom stereocenters. The van der Waals surface area contributed by atoms with Gasteiger partial charge < -0.3 is 9.47 Å². The molecule has 0 radical (unpaired) electrons. The van der Waals surface area contributed by atoms with Crippen molar-refractivity contribution >= 4 is 15.9 Å². The number of hydrogen-bond acceptors (Lipinski definition) is 2. The van der Waals surface area contributed by atoms with E-state index in [2.05, 4.69) is 51.3 Å². The van der Waals surface area contributed by atoms with Gasteiger partial charge in [0.1, 0.15) is 0 Å². The van der Waals surface area contributed by atoms with Crippen LogP contribution in [0.1, 0.15) is 31.9 Å². The molecule has 1 aliphatic rings. The average molecular weight is 272 g/mol. The van der Waals surface area contributed by atoms with Gasteiger partial charge in [-0.2, -0.15) is 0 Å². The lowest BCUT2D eigenvalue weighted by molar-refractivity contribution is 0.272. The number of hydrogen-bond donors (Lipinski definition) is 0. The minimum absolute atomic E-state index is 0.649. The van der Waals surface area contributed by atoms with Crippen molar-refractivity contribution in [3.05, 3.63) is 16.6 Å². The van der Waals surface area contributed by atoms with Crippen molar-refractivity contribution in [3.8, 4) is 0 Å². The highest BCUT2D eigenvalue weighted by molar-refractivity contribution is 9.10. The van der Waals surface area contributed by atoms with Crippen molar-refractivity contribution in [1.29, 1.82) is 0 Å². The number of halogens is 1. The molecule has 0 saturated carbocycles. The van der Waals surface area contributed by atoms with Gasteiger partial charge in [0.05, 0.1) is 0 Å². The molecule has 2 rings (SSSR count). The van der Waals surface area contributed by atoms with Gasteiger partial charge in [-0.3, -0.25) is 0 Å². The van der Waals surface area contributed by atoms with Crippen molar-refractivity contribution in [1.82, 2.24) is 14.5 Å². The number of rotatable bonds is 2. The van der Waals surface area contributed by atoms with Crippen LogP contribution in [0.5, 0.6) is 0 Å². The van der Waals surface area contributed by atoms with Gasteiger partial charge in [-0.25, -0.2) is 4.98 Å². The fourth-order valence-electron chi connectivity index (χ4n) is 2.28. The average Bonchev–Trinajstić information content (AvgIpc) is 2.76. The molecule has 0 spiro atoms. The maximum atomic E-state index is 4.29. The van der Waals surface area contributed by atoms with E-state index in [9.17, 15) is 0 Å². The minimum Gasteiger partial charge on any atom is -0.325 e. The second-order valence-corrected chi connectivity index (χ2v) is 5.29. The van der Waals surface area contributed by atoms with E-state index in [4.69, 9.17) is 0 Å². The zero-order valence-corrected chi connectivity index (χ0v) is 11.2. The van der Waals surface area contributed by atoms with Crippen LogP contribution in [0.2, 0.25) is 0 Å². The van der Waals surface area contributed by atoms with Crippen LogP contribution in [0, 0.1) is 0 Å². The standard InChI is InChI=1S/C11H18BrN3/c1-8(2)15-5-4-9(7-15)10-6-13-11(12)14(10)3/h6,8-9H,4-5,7H2,1-3H3. The summed E-state index contributed by atoms with van der Waals surface area (Å²) in [6, 6.07) is 0.659. The Kier molecular flexibility index (Phi) is 3.16. The quantitative estimate of drug-likeness (QED) is 0.824. The monoisotopic (exact) mass is 271 g/mol. The molecule has 15 heavy (non-hydrogen) atoms. The third-order valence-corrected chi connectivity index (χ3v) is 4.07. The Morgan fingerprint density at radius 2 is 2.27 bits per heavy atom. The van der Waals surface area contributed by atoms with Gasteiger partial charge in [-0.05, 0) is 42.7 Å². The first kappa shape index (κ1) is 11.1. The Labute approximate surface area is 99.6 Å². The molecular formula is C11H18BrN3. The van der Waals surface area contributed by atoms with Gasteiger partial charge >= 0.3 is 0 Å². The molecule has 1 atom stereocenters. The molecule has 4 heteroatoms. The Bertz CT molecular complexity index is 346. The number of imidazole rings is 1. The fraction of sp³-hybridized carbons (Fsp3) is 0.727. The molecule has 0 amide bonds. The molecule has 84 valence electrons. The van der Waals surface area contributed by atoms with Crippen LogP contribution in [-0.4, -0.2) is 33.6 Å². The molecule has 0 aliphatic carbocycles. The lowest BCUT2D eigenvalue weighted by Gasteiger charge is -2.20. The highest BCUT2D eigenvalue weighted by atomic mass is 79.9. The topological polar surface area (TPSA) is 21.1 Å². The zero-order valence-electron chi connectivity index (χ0n) is 9.57. The summed E-state index contributed by atoms with van der Waals surface area (Å²) in [5, 5.41) is 0. The Hall–Kier alpha value is -0.350. The molecule has 0 N–H and O–H groups in total. The van der Waals surface area contributed by atoms with Crippen LogP contribution in [0.25, 0.3) is 0 Å². The van der Waals surface area contributed by atoms with E-state index in [1.54, 1.807) is 0 Å². The summed E-state index contributed by atoms with van der Waals surface area (Å²) in [4.78, 5) is 6.83. The van der Waals surface area contributed by atoms with E-state index in [1.165, 1.54) is 25.2 Å². The van der Waals surface area contributed by atoms with Gasteiger partial charge in [-0.1, -0.05) is 0 Å². The summed E-state index contributed by atoms with van der Waals surface area (Å²) in [5.74, 6) is 0.649. The van der Waals surface area contributed by atoms with Crippen LogP contribution in [-0.2, 0) is 7.05 Å². The normalized spacial score (nSPS) is 22.9. The molecule has 0 aromatic carbocycles. The van der Waals surface area contributed by atoms with Crippen LogP contribution in [0.15, 0.2) is 10.9 Å². The van der Waals surface area contributed by atoms with Crippen molar-refractivity contribution in [2.45, 2.75) is 32.2 Å². The first-order valence-corrected chi connectivity index (χ1v) is 6.30. The smallest absolute Gasteiger partial charge is 0.177 e. The summed E-state index contributed by atoms with van der Waals surface area (Å²) in [7, 11) is 2.07. The highest BCUT2D eigenvalue weighted by Gasteiger charge is 2.27. The molecule has 0 bridgehead atoms. The van der Waals surface area contributed by atoms with Crippen LogP contribution in [0.3, 0.4) is 0 Å². The predicted octanol–water partition coefficient (Wildman–Crippen LogP) is 2.38. The molecule has 1 aromatic heterocycles. The maximum absolute atomic E-state index is 4.29. The Morgan fingerprint density at radius 1 is 1.53 bits per heavy atom. The van der Waals surface area contributed by atoms with Crippen LogP contribution in [0.4, 0.5) is 0 Å². The summed E-state index contributed by atoms with van der Waals surface area (Å²) < 4.78 is 3.08. The van der Waals surface area contributed by atoms with E-state index < -0.39 is 0 Å². The summed E-state index contributed by atoms with van der Waals surface area (Å²) in [6.45, 7) is 6.91. The first-order valence-electron chi connectivity index (χ1n) is 5.50. The van der Waals surface area contributed by atoms with Crippen molar-refractivity contribution in [2.75, 3.05) is 13.1 Å². The first-order chi connectivity index (χ1) is 7.09. The molecule has 1 aliphatic heterocycles. The molecular weight excluding hydrogens is 254 g/mol. The number of likely N-dealkylation sites (tertiary alicyclic amines) is 1. The molecule has 3 nitrogen and oxygen atoms in total. The van der Waals surface area contributed by atoms with E-state index in [0.717, 1.165) is 4.73 Å². The van der Waals surface area contributed by atoms with E-state index >= 15 is 0 Å². The van der Waals surface area contributed by atoms with E-state index in [-0.39, 0.29) is 0 Å². The number of aromatic nitrogens is 2. The highest BCUT2D eigenvalue weighted by Crippen LogP contribution is 2.29. The van der Waals surface area contributed by atoms with Crippen molar-refractivity contribution in [2.24, 2.45) is 7.05 Å². The molecule has 1 saturated heterocycles. The van der Waals surface area contributed by atoms with Gasteiger partial charge in [0, 0.05) is 37.4 Å². The van der Waals surface area contributed by atoms with Crippen molar-refractivity contribution in [3.63, 3.8) is 0 Å². The third-order valence-electron chi connectivity index (χ3n) is 3.34. The van der Waals surface area contributed by atoms with Gasteiger partial charge in [-0.15, -0.1) is 0 Å². The Balaban J connectivity index is 2.11. The Morgan fingerprint density at radius 3 is 2.73 bits per heavy atom. The van der Waals surface area contributed by atoms with Crippen LogP contribution >= 0.6 is 15.9 Å². The van der Waals surface area contributed by atoms with Crippen LogP contribution < -0.4 is 0 Å². The summed E-state index contributed by atoms with van der Waals surface area (Å²) >= 11 is 3.45. The van der Waals surface area contributed by atoms with Gasteiger partial charge in [0.15, 0.2) is 4.73 Å². The molecule has 1 fully saturated rings. The molecule has 1 aromatic rings. The van der Waals surface area contributed by atoms with E-state index in [0.29, 0.717) is 12.0 Å². The largest absolute Gasteiger partial charge is 0.325 e. The lowest BCUT2D eigenvalue weighted by atomic mass is 10.1. The minimum atomic E-state index is 0.649. The van der Waals surface area contributed by atoms with E-state index in [1.807, 2.05) is 6.20 Å². The second-order valence-electron chi connectivity index (χ2n) is 4.59. The predicted molar refractivity (Wildman–Crippen MR) is 65.0 cm³/mol. The zero-order chi connectivity index (χ0) is 11.0. The van der Waals surface area contributed by atoms with Crippen molar-refractivity contribution < 1.29 is 0 Å². The second kappa shape index (κ2) is 4.26. The maximum Gasteiger partial charge on any atom is 0.177 e.